The summed E-state index contributed by atoms with van der Waals surface area (Å²) in [5.74, 6) is -1.04. The van der Waals surface area contributed by atoms with Gasteiger partial charge in [0.05, 0.1) is 0 Å². The van der Waals surface area contributed by atoms with Crippen LogP contribution in [0.15, 0.2) is 134 Å². The summed E-state index contributed by atoms with van der Waals surface area (Å²) >= 11 is 0. The summed E-state index contributed by atoms with van der Waals surface area (Å²) in [4.78, 5) is 38.0. The summed E-state index contributed by atoms with van der Waals surface area (Å²) < 4.78 is 16.7. The lowest BCUT2D eigenvalue weighted by atomic mass is 10.1. The molecule has 67 heavy (non-hydrogen) atoms. The van der Waals surface area contributed by atoms with Crippen molar-refractivity contribution in [2.24, 2.45) is 0 Å². The summed E-state index contributed by atoms with van der Waals surface area (Å²) in [6, 6.07) is 0. The van der Waals surface area contributed by atoms with E-state index in [1.807, 2.05) is 91.1 Å². The van der Waals surface area contributed by atoms with Crippen LogP contribution in [0.2, 0.25) is 0 Å². The van der Waals surface area contributed by atoms with Crippen LogP contribution in [0.25, 0.3) is 0 Å². The third-order valence-corrected chi connectivity index (χ3v) is 10.8. The first kappa shape index (κ1) is 62.5. The average molecular weight is 925 g/mol. The Bertz CT molecular complexity index is 1480. The molecule has 1 unspecified atom stereocenters. The highest BCUT2D eigenvalue weighted by atomic mass is 16.6. The predicted octanol–water partition coefficient (Wildman–Crippen LogP) is 17.9. The van der Waals surface area contributed by atoms with Gasteiger partial charge in [-0.15, -0.1) is 0 Å². The van der Waals surface area contributed by atoms with E-state index in [0.29, 0.717) is 19.3 Å². The van der Waals surface area contributed by atoms with E-state index in [1.54, 1.807) is 0 Å². The fourth-order valence-electron chi connectivity index (χ4n) is 6.85. The van der Waals surface area contributed by atoms with E-state index in [1.165, 1.54) is 77.0 Å². The number of ether oxygens (including phenoxy) is 3. The largest absolute Gasteiger partial charge is 0.462 e. The minimum atomic E-state index is -0.827. The molecule has 0 aromatic carbocycles. The van der Waals surface area contributed by atoms with Crippen molar-refractivity contribution in [1.29, 1.82) is 0 Å². The Kier molecular flexibility index (Phi) is 50.6. The van der Waals surface area contributed by atoms with Gasteiger partial charge >= 0.3 is 17.9 Å². The molecule has 0 heterocycles. The number of allylic oxidation sites excluding steroid dienone is 22. The SMILES string of the molecule is CC\C=C/C=C\C=C/C=C\C=C/CCCC(=O)OCC(COC(=O)CCCCCCC\C=C/C=C\C=C/C=C\C=C/CCC)OC(=O)CCCCCCC/C=C\CCCCCCCCCCC. The molecule has 0 aromatic rings. The molecule has 1 atom stereocenters. The van der Waals surface area contributed by atoms with Crippen LogP contribution in [-0.2, 0) is 28.6 Å². The van der Waals surface area contributed by atoms with Gasteiger partial charge in [-0.25, -0.2) is 0 Å². The van der Waals surface area contributed by atoms with Crippen LogP contribution >= 0.6 is 0 Å². The molecule has 0 fully saturated rings. The number of hydrogen-bond donors (Lipinski definition) is 0. The Labute approximate surface area is 411 Å². The summed E-state index contributed by atoms with van der Waals surface area (Å²) in [5.41, 5.74) is 0. The van der Waals surface area contributed by atoms with Gasteiger partial charge < -0.3 is 14.2 Å². The highest BCUT2D eigenvalue weighted by molar-refractivity contribution is 5.71. The molecule has 6 heteroatoms. The Morgan fingerprint density at radius 3 is 1.07 bits per heavy atom. The Morgan fingerprint density at radius 1 is 0.313 bits per heavy atom. The van der Waals surface area contributed by atoms with Gasteiger partial charge in [0.2, 0.25) is 0 Å². The van der Waals surface area contributed by atoms with Crippen LogP contribution in [0.4, 0.5) is 0 Å². The van der Waals surface area contributed by atoms with E-state index < -0.39 is 6.10 Å². The molecule has 0 aliphatic heterocycles. The van der Waals surface area contributed by atoms with Crippen molar-refractivity contribution < 1.29 is 28.6 Å². The first-order valence-electron chi connectivity index (χ1n) is 26.8. The van der Waals surface area contributed by atoms with Gasteiger partial charge in [0, 0.05) is 19.3 Å². The first-order valence-corrected chi connectivity index (χ1v) is 26.8. The minimum Gasteiger partial charge on any atom is -0.462 e. The van der Waals surface area contributed by atoms with Crippen molar-refractivity contribution in [1.82, 2.24) is 0 Å². The maximum atomic E-state index is 12.8. The molecule has 0 rings (SSSR count). The van der Waals surface area contributed by atoms with Crippen molar-refractivity contribution in [3.63, 3.8) is 0 Å². The molecule has 0 saturated carbocycles. The zero-order valence-corrected chi connectivity index (χ0v) is 42.9. The van der Waals surface area contributed by atoms with Crippen molar-refractivity contribution in [3.05, 3.63) is 134 Å². The summed E-state index contributed by atoms with van der Waals surface area (Å²) in [7, 11) is 0. The molecule has 0 spiro atoms. The molecule has 0 aliphatic rings. The van der Waals surface area contributed by atoms with Gasteiger partial charge in [-0.3, -0.25) is 14.4 Å². The van der Waals surface area contributed by atoms with Crippen LogP contribution in [0, 0.1) is 0 Å². The number of esters is 3. The zero-order valence-electron chi connectivity index (χ0n) is 42.9. The predicted molar refractivity (Wildman–Crippen MR) is 288 cm³/mol. The third-order valence-electron chi connectivity index (χ3n) is 10.8. The number of carbonyl (C=O) groups excluding carboxylic acids is 3. The van der Waals surface area contributed by atoms with Gasteiger partial charge in [-0.1, -0.05) is 251 Å². The topological polar surface area (TPSA) is 78.9 Å². The van der Waals surface area contributed by atoms with E-state index in [0.717, 1.165) is 89.9 Å². The van der Waals surface area contributed by atoms with Crippen LogP contribution < -0.4 is 0 Å². The second-order valence-electron chi connectivity index (χ2n) is 17.3. The van der Waals surface area contributed by atoms with Crippen LogP contribution in [-0.4, -0.2) is 37.2 Å². The fourth-order valence-corrected chi connectivity index (χ4v) is 6.85. The van der Waals surface area contributed by atoms with Gasteiger partial charge in [0.15, 0.2) is 6.10 Å². The van der Waals surface area contributed by atoms with Gasteiger partial charge in [0.25, 0.3) is 0 Å². The van der Waals surface area contributed by atoms with Crippen molar-refractivity contribution in [2.45, 2.75) is 219 Å². The maximum absolute atomic E-state index is 12.8. The van der Waals surface area contributed by atoms with E-state index >= 15 is 0 Å². The van der Waals surface area contributed by atoms with Gasteiger partial charge in [-0.05, 0) is 77.0 Å². The lowest BCUT2D eigenvalue weighted by Crippen LogP contribution is -2.30. The molecule has 0 aromatic heterocycles. The van der Waals surface area contributed by atoms with E-state index in [4.69, 9.17) is 14.2 Å². The second kappa shape index (κ2) is 54.2. The van der Waals surface area contributed by atoms with Crippen molar-refractivity contribution in [2.75, 3.05) is 13.2 Å². The molecular formula is C61H96O6. The lowest BCUT2D eigenvalue weighted by Gasteiger charge is -2.18. The molecule has 0 aliphatic carbocycles. The zero-order chi connectivity index (χ0) is 48.6. The van der Waals surface area contributed by atoms with Crippen molar-refractivity contribution >= 4 is 17.9 Å². The lowest BCUT2D eigenvalue weighted by molar-refractivity contribution is -0.167. The van der Waals surface area contributed by atoms with Crippen LogP contribution in [0.3, 0.4) is 0 Å². The molecular weight excluding hydrogens is 829 g/mol. The molecule has 0 saturated heterocycles. The van der Waals surface area contributed by atoms with E-state index in [2.05, 4.69) is 63.3 Å². The molecule has 0 N–H and O–H groups in total. The molecule has 0 amide bonds. The highest BCUT2D eigenvalue weighted by Gasteiger charge is 2.19. The standard InChI is InChI=1S/C61H96O6/c1-4-7-10-13-16-19-22-25-27-29-31-33-36-39-42-45-48-51-54-60(63)66-57-58(56-65-59(62)53-50-47-44-41-38-35-24-21-18-15-12-9-6-3)67-61(64)55-52-49-46-43-40-37-34-32-30-28-26-23-20-17-14-11-8-5-2/h9-10,12-13,15-16,18-19,21-22,24-25,27,29,31-35,38,41,44,58H,4-8,11,14,17,20,23,26,28,30,36-37,39-40,42-43,45-57H2,1-3H3/b12-9-,13-10-,18-15-,19-16-,24-21-,25-22-,29-27-,33-31-,34-32-,38-35-,44-41-. The Morgan fingerprint density at radius 2 is 0.642 bits per heavy atom. The number of carbonyl (C=O) groups is 3. The summed E-state index contributed by atoms with van der Waals surface area (Å²) in [6.07, 6.45) is 75.8. The number of rotatable bonds is 46. The summed E-state index contributed by atoms with van der Waals surface area (Å²) in [6.45, 7) is 6.30. The number of hydrogen-bond acceptors (Lipinski definition) is 6. The highest BCUT2D eigenvalue weighted by Crippen LogP contribution is 2.14. The number of unbranched alkanes of at least 4 members (excludes halogenated alkanes) is 21. The van der Waals surface area contributed by atoms with Gasteiger partial charge in [-0.2, -0.15) is 0 Å². The summed E-state index contributed by atoms with van der Waals surface area (Å²) in [5, 5.41) is 0. The smallest absolute Gasteiger partial charge is 0.306 e. The Balaban J connectivity index is 4.55. The first-order chi connectivity index (χ1) is 33.0. The molecule has 0 bridgehead atoms. The Hall–Kier alpha value is -4.45. The molecule has 6 nitrogen and oxygen atoms in total. The molecule has 0 radical (unpaired) electrons. The normalized spacial score (nSPS) is 13.2. The average Bonchev–Trinajstić information content (AvgIpc) is 3.33. The van der Waals surface area contributed by atoms with Crippen molar-refractivity contribution in [3.8, 4) is 0 Å². The maximum Gasteiger partial charge on any atom is 0.306 e. The van der Waals surface area contributed by atoms with E-state index in [9.17, 15) is 14.4 Å². The minimum absolute atomic E-state index is 0.122. The van der Waals surface area contributed by atoms with E-state index in [-0.39, 0.29) is 37.5 Å². The fraction of sp³-hybridized carbons (Fsp3) is 0.590. The van der Waals surface area contributed by atoms with Gasteiger partial charge in [0.1, 0.15) is 13.2 Å². The van der Waals surface area contributed by atoms with Crippen LogP contribution in [0.5, 0.6) is 0 Å². The quantitative estimate of drug-likeness (QED) is 0.0199. The second-order valence-corrected chi connectivity index (χ2v) is 17.3. The van der Waals surface area contributed by atoms with Crippen LogP contribution in [0.1, 0.15) is 213 Å². The third kappa shape index (κ3) is 52.4. The molecule has 376 valence electrons. The monoisotopic (exact) mass is 925 g/mol.